The molecule has 1 saturated heterocycles. The average molecular weight is 280 g/mol. The summed E-state index contributed by atoms with van der Waals surface area (Å²) in [4.78, 5) is 24.7. The molecule has 7 heteroatoms. The molecule has 1 aliphatic heterocycles. The lowest BCUT2D eigenvalue weighted by molar-refractivity contribution is -0.176. The number of carbonyl (C=O) groups excluding carboxylic acids is 2. The third-order valence-electron chi connectivity index (χ3n) is 3.10. The maximum atomic E-state index is 12.5. The first-order chi connectivity index (χ1) is 8.47. The number of halogens is 3. The smallest absolute Gasteiger partial charge is 0.342 e. The molecular formula is C12H19F3N2O2. The van der Waals surface area contributed by atoms with Gasteiger partial charge in [-0.15, -0.1) is 0 Å². The molecule has 0 aromatic heterocycles. The van der Waals surface area contributed by atoms with Gasteiger partial charge < -0.3 is 10.2 Å². The summed E-state index contributed by atoms with van der Waals surface area (Å²) in [5.41, 5.74) is -0.630. The zero-order valence-corrected chi connectivity index (χ0v) is 11.5. The lowest BCUT2D eigenvalue weighted by Crippen LogP contribution is -2.67. The number of alkyl halides is 3. The molecule has 110 valence electrons. The van der Waals surface area contributed by atoms with E-state index in [1.807, 2.05) is 0 Å². The third kappa shape index (κ3) is 3.61. The number of piperazine rings is 1. The molecule has 1 aliphatic rings. The minimum Gasteiger partial charge on any atom is -0.342 e. The zero-order chi connectivity index (χ0) is 15.0. The maximum Gasteiger partial charge on any atom is 0.406 e. The fourth-order valence-corrected chi connectivity index (χ4v) is 2.14. The van der Waals surface area contributed by atoms with Crippen LogP contribution in [-0.2, 0) is 9.59 Å². The number of hydrogen-bond donors (Lipinski definition) is 1. The van der Waals surface area contributed by atoms with Gasteiger partial charge in [0, 0.05) is 0 Å². The second-order valence-corrected chi connectivity index (χ2v) is 5.81. The van der Waals surface area contributed by atoms with Gasteiger partial charge in [0.1, 0.15) is 18.6 Å². The van der Waals surface area contributed by atoms with Crippen LogP contribution in [0.2, 0.25) is 0 Å². The van der Waals surface area contributed by atoms with Crippen molar-refractivity contribution in [3.63, 3.8) is 0 Å². The predicted molar refractivity (Wildman–Crippen MR) is 63.2 cm³/mol. The second kappa shape index (κ2) is 5.02. The van der Waals surface area contributed by atoms with E-state index in [1.54, 1.807) is 27.7 Å². The molecule has 0 aromatic rings. The van der Waals surface area contributed by atoms with E-state index in [-0.39, 0.29) is 6.42 Å². The summed E-state index contributed by atoms with van der Waals surface area (Å²) >= 11 is 0. The minimum atomic E-state index is -4.51. The molecule has 2 amide bonds. The Morgan fingerprint density at radius 1 is 1.21 bits per heavy atom. The Kier molecular flexibility index (Phi) is 4.17. The molecule has 0 aromatic carbocycles. The SMILES string of the molecule is CCC1C(=O)NC(C(C)(C)C)C(=O)N1CC(F)(F)F. The van der Waals surface area contributed by atoms with Crippen LogP contribution in [0.1, 0.15) is 34.1 Å². The Morgan fingerprint density at radius 3 is 2.11 bits per heavy atom. The number of hydrogen-bond acceptors (Lipinski definition) is 2. The molecule has 1 N–H and O–H groups in total. The molecule has 0 spiro atoms. The van der Waals surface area contributed by atoms with Gasteiger partial charge in [0.05, 0.1) is 0 Å². The highest BCUT2D eigenvalue weighted by atomic mass is 19.4. The topological polar surface area (TPSA) is 49.4 Å². The van der Waals surface area contributed by atoms with E-state index in [1.165, 1.54) is 0 Å². The van der Waals surface area contributed by atoms with E-state index in [0.717, 1.165) is 0 Å². The number of rotatable bonds is 2. The lowest BCUT2D eigenvalue weighted by Gasteiger charge is -2.43. The van der Waals surface area contributed by atoms with E-state index in [9.17, 15) is 22.8 Å². The van der Waals surface area contributed by atoms with Crippen molar-refractivity contribution in [1.82, 2.24) is 10.2 Å². The molecule has 1 rings (SSSR count). The highest BCUT2D eigenvalue weighted by molar-refractivity contribution is 5.97. The predicted octanol–water partition coefficient (Wildman–Crippen LogP) is 1.70. The van der Waals surface area contributed by atoms with Crippen LogP contribution in [0.15, 0.2) is 0 Å². The number of nitrogens with one attached hydrogen (secondary N) is 1. The number of amides is 2. The molecule has 0 bridgehead atoms. The summed E-state index contributed by atoms with van der Waals surface area (Å²) in [5, 5.41) is 2.53. The average Bonchev–Trinajstić information content (AvgIpc) is 2.20. The third-order valence-corrected chi connectivity index (χ3v) is 3.10. The van der Waals surface area contributed by atoms with Gasteiger partial charge in [0.2, 0.25) is 11.8 Å². The fourth-order valence-electron chi connectivity index (χ4n) is 2.14. The molecule has 0 radical (unpaired) electrons. The first kappa shape index (κ1) is 15.8. The van der Waals surface area contributed by atoms with E-state index >= 15 is 0 Å². The van der Waals surface area contributed by atoms with Crippen LogP contribution in [-0.4, -0.2) is 41.5 Å². The Labute approximate surface area is 110 Å². The first-order valence-electron chi connectivity index (χ1n) is 6.15. The van der Waals surface area contributed by atoms with Gasteiger partial charge in [-0.25, -0.2) is 0 Å². The molecule has 0 aliphatic carbocycles. The van der Waals surface area contributed by atoms with E-state index in [0.29, 0.717) is 4.90 Å². The van der Waals surface area contributed by atoms with Crippen molar-refractivity contribution >= 4 is 11.8 Å². The standard InChI is InChI=1S/C12H19F3N2O2/c1-5-7-9(18)16-8(11(2,3)4)10(19)17(7)6-12(13,14)15/h7-8H,5-6H2,1-4H3,(H,16,18). The molecule has 19 heavy (non-hydrogen) atoms. The van der Waals surface area contributed by atoms with Crippen LogP contribution in [0.3, 0.4) is 0 Å². The molecule has 2 atom stereocenters. The van der Waals surface area contributed by atoms with Gasteiger partial charge >= 0.3 is 6.18 Å². The second-order valence-electron chi connectivity index (χ2n) is 5.81. The summed E-state index contributed by atoms with van der Waals surface area (Å²) in [5.74, 6) is -1.19. The summed E-state index contributed by atoms with van der Waals surface area (Å²) < 4.78 is 37.6. The van der Waals surface area contributed by atoms with Crippen LogP contribution in [0.25, 0.3) is 0 Å². The Hall–Kier alpha value is -1.27. The van der Waals surface area contributed by atoms with Gasteiger partial charge in [0.15, 0.2) is 0 Å². The van der Waals surface area contributed by atoms with Gasteiger partial charge in [0.25, 0.3) is 0 Å². The summed E-state index contributed by atoms with van der Waals surface area (Å²) in [6.45, 7) is 5.30. The Balaban J connectivity index is 3.06. The van der Waals surface area contributed by atoms with Crippen molar-refractivity contribution in [2.45, 2.75) is 52.4 Å². The first-order valence-corrected chi connectivity index (χ1v) is 6.15. The quantitative estimate of drug-likeness (QED) is 0.837. The Morgan fingerprint density at radius 2 is 1.74 bits per heavy atom. The summed E-state index contributed by atoms with van der Waals surface area (Å²) in [6, 6.07) is -1.97. The van der Waals surface area contributed by atoms with E-state index in [4.69, 9.17) is 0 Å². The van der Waals surface area contributed by atoms with Crippen molar-refractivity contribution in [3.8, 4) is 0 Å². The number of carbonyl (C=O) groups is 2. The molecule has 2 unspecified atom stereocenters. The van der Waals surface area contributed by atoms with Crippen molar-refractivity contribution in [1.29, 1.82) is 0 Å². The minimum absolute atomic E-state index is 0.157. The van der Waals surface area contributed by atoms with Gasteiger partial charge in [-0.3, -0.25) is 9.59 Å². The highest BCUT2D eigenvalue weighted by Crippen LogP contribution is 2.28. The van der Waals surface area contributed by atoms with Crippen molar-refractivity contribution in [2.75, 3.05) is 6.54 Å². The summed E-state index contributed by atoms with van der Waals surface area (Å²) in [7, 11) is 0. The van der Waals surface area contributed by atoms with Gasteiger partial charge in [-0.1, -0.05) is 27.7 Å². The van der Waals surface area contributed by atoms with E-state index in [2.05, 4.69) is 5.32 Å². The molecular weight excluding hydrogens is 261 g/mol. The maximum absolute atomic E-state index is 12.5. The van der Waals surface area contributed by atoms with E-state index < -0.39 is 42.0 Å². The van der Waals surface area contributed by atoms with Crippen LogP contribution in [0, 0.1) is 5.41 Å². The molecule has 0 saturated carbocycles. The lowest BCUT2D eigenvalue weighted by atomic mass is 9.83. The van der Waals surface area contributed by atoms with Crippen LogP contribution < -0.4 is 5.32 Å². The van der Waals surface area contributed by atoms with Gasteiger partial charge in [-0.2, -0.15) is 13.2 Å². The zero-order valence-electron chi connectivity index (χ0n) is 11.5. The molecule has 4 nitrogen and oxygen atoms in total. The highest BCUT2D eigenvalue weighted by Gasteiger charge is 2.47. The van der Waals surface area contributed by atoms with Crippen molar-refractivity contribution < 1.29 is 22.8 Å². The van der Waals surface area contributed by atoms with Crippen molar-refractivity contribution in [3.05, 3.63) is 0 Å². The molecule has 1 fully saturated rings. The normalized spacial score (nSPS) is 25.5. The van der Waals surface area contributed by atoms with Crippen molar-refractivity contribution in [2.24, 2.45) is 5.41 Å². The molecule has 1 heterocycles. The summed E-state index contributed by atoms with van der Waals surface area (Å²) in [6.07, 6.45) is -4.35. The van der Waals surface area contributed by atoms with Crippen LogP contribution in [0.5, 0.6) is 0 Å². The Bertz CT molecular complexity index is 374. The fraction of sp³-hybridized carbons (Fsp3) is 0.833. The van der Waals surface area contributed by atoms with Gasteiger partial charge in [-0.05, 0) is 11.8 Å². The largest absolute Gasteiger partial charge is 0.406 e. The van der Waals surface area contributed by atoms with Crippen LogP contribution >= 0.6 is 0 Å². The van der Waals surface area contributed by atoms with Crippen LogP contribution in [0.4, 0.5) is 13.2 Å². The number of nitrogens with zero attached hydrogens (tertiary/aromatic N) is 1. The monoisotopic (exact) mass is 280 g/mol.